The van der Waals surface area contributed by atoms with Gasteiger partial charge in [0, 0.05) is 25.7 Å². The lowest BCUT2D eigenvalue weighted by atomic mass is 9.98. The van der Waals surface area contributed by atoms with Crippen molar-refractivity contribution in [1.29, 1.82) is 0 Å². The standard InChI is InChI=1S/C15H21ClN2O.ClH/c16-13-3-1-2-4-15(13)19-8-7-18-9-11-5-6-14(17)12(11)10-18;/h1-4,11-12,14H,5-10,17H2;1H. The predicted molar refractivity (Wildman–Crippen MR) is 84.8 cm³/mol. The van der Waals surface area contributed by atoms with E-state index in [0.717, 1.165) is 24.8 Å². The maximum absolute atomic E-state index is 6.15. The second-order valence-corrected chi connectivity index (χ2v) is 6.11. The summed E-state index contributed by atoms with van der Waals surface area (Å²) in [5.74, 6) is 2.30. The first-order chi connectivity index (χ1) is 9.24. The zero-order valence-electron chi connectivity index (χ0n) is 11.5. The number of rotatable bonds is 4. The fourth-order valence-electron chi connectivity index (χ4n) is 3.43. The Bertz CT molecular complexity index is 444. The average molecular weight is 317 g/mol. The molecule has 0 amide bonds. The van der Waals surface area contributed by atoms with Crippen molar-refractivity contribution in [3.05, 3.63) is 29.3 Å². The van der Waals surface area contributed by atoms with Crippen LogP contribution in [0.15, 0.2) is 24.3 Å². The quantitative estimate of drug-likeness (QED) is 0.928. The van der Waals surface area contributed by atoms with Crippen molar-refractivity contribution in [2.24, 2.45) is 17.6 Å². The molecule has 3 atom stereocenters. The van der Waals surface area contributed by atoms with E-state index in [1.54, 1.807) is 0 Å². The zero-order valence-corrected chi connectivity index (χ0v) is 13.1. The first-order valence-electron chi connectivity index (χ1n) is 7.09. The van der Waals surface area contributed by atoms with Gasteiger partial charge in [-0.1, -0.05) is 23.7 Å². The molecule has 2 fully saturated rings. The Morgan fingerprint density at radius 2 is 2.05 bits per heavy atom. The molecule has 20 heavy (non-hydrogen) atoms. The minimum Gasteiger partial charge on any atom is -0.491 e. The van der Waals surface area contributed by atoms with Gasteiger partial charge < -0.3 is 10.5 Å². The van der Waals surface area contributed by atoms with E-state index in [-0.39, 0.29) is 12.4 Å². The molecule has 0 spiro atoms. The Morgan fingerprint density at radius 1 is 1.25 bits per heavy atom. The summed E-state index contributed by atoms with van der Waals surface area (Å²) in [5, 5.41) is 0.683. The smallest absolute Gasteiger partial charge is 0.137 e. The minimum absolute atomic E-state index is 0. The van der Waals surface area contributed by atoms with Crippen LogP contribution in [-0.4, -0.2) is 37.2 Å². The number of nitrogens with two attached hydrogens (primary N) is 1. The van der Waals surface area contributed by atoms with Crippen molar-refractivity contribution in [3.8, 4) is 5.75 Å². The largest absolute Gasteiger partial charge is 0.491 e. The Kier molecular flexibility index (Phi) is 5.56. The normalized spacial score (nSPS) is 29.0. The van der Waals surface area contributed by atoms with Gasteiger partial charge in [-0.3, -0.25) is 4.90 Å². The van der Waals surface area contributed by atoms with Gasteiger partial charge >= 0.3 is 0 Å². The number of hydrogen-bond donors (Lipinski definition) is 1. The second-order valence-electron chi connectivity index (χ2n) is 5.70. The number of benzene rings is 1. The maximum Gasteiger partial charge on any atom is 0.137 e. The highest BCUT2D eigenvalue weighted by atomic mass is 35.5. The topological polar surface area (TPSA) is 38.5 Å². The SMILES string of the molecule is Cl.NC1CCC2CN(CCOc3ccccc3Cl)CC12. The number of hydrogen-bond acceptors (Lipinski definition) is 3. The molecule has 1 saturated carbocycles. The van der Waals surface area contributed by atoms with Crippen LogP contribution >= 0.6 is 24.0 Å². The molecule has 2 N–H and O–H groups in total. The molecule has 1 aliphatic heterocycles. The second kappa shape index (κ2) is 6.99. The van der Waals surface area contributed by atoms with E-state index in [1.807, 2.05) is 24.3 Å². The van der Waals surface area contributed by atoms with Crippen molar-refractivity contribution in [1.82, 2.24) is 4.90 Å². The first kappa shape index (κ1) is 15.9. The van der Waals surface area contributed by atoms with E-state index in [2.05, 4.69) is 4.90 Å². The van der Waals surface area contributed by atoms with Crippen LogP contribution in [0.2, 0.25) is 5.02 Å². The van der Waals surface area contributed by atoms with Crippen molar-refractivity contribution in [3.63, 3.8) is 0 Å². The molecule has 3 unspecified atom stereocenters. The van der Waals surface area contributed by atoms with Crippen LogP contribution < -0.4 is 10.5 Å². The van der Waals surface area contributed by atoms with Crippen molar-refractivity contribution >= 4 is 24.0 Å². The maximum atomic E-state index is 6.15. The van der Waals surface area contributed by atoms with Crippen LogP contribution in [0.1, 0.15) is 12.8 Å². The Morgan fingerprint density at radius 3 is 2.80 bits per heavy atom. The third-order valence-corrected chi connectivity index (χ3v) is 4.80. The van der Waals surface area contributed by atoms with Gasteiger partial charge in [0.2, 0.25) is 0 Å². The van der Waals surface area contributed by atoms with Gasteiger partial charge in [-0.2, -0.15) is 0 Å². The molecule has 1 aliphatic carbocycles. The molecule has 1 aromatic carbocycles. The summed E-state index contributed by atoms with van der Waals surface area (Å²) < 4.78 is 5.74. The molecule has 3 rings (SSSR count). The summed E-state index contributed by atoms with van der Waals surface area (Å²) in [5.41, 5.74) is 6.15. The third kappa shape index (κ3) is 3.40. The fourth-order valence-corrected chi connectivity index (χ4v) is 3.62. The highest BCUT2D eigenvalue weighted by Gasteiger charge is 2.40. The molecule has 2 aliphatic rings. The van der Waals surface area contributed by atoms with E-state index < -0.39 is 0 Å². The lowest BCUT2D eigenvalue weighted by molar-refractivity contribution is 0.226. The summed E-state index contributed by atoms with van der Waals surface area (Å²) in [6, 6.07) is 8.05. The molecule has 1 aromatic rings. The highest BCUT2D eigenvalue weighted by Crippen LogP contribution is 2.36. The molecule has 1 heterocycles. The van der Waals surface area contributed by atoms with Gasteiger partial charge in [0.1, 0.15) is 12.4 Å². The molecule has 3 nitrogen and oxygen atoms in total. The number of halogens is 2. The van der Waals surface area contributed by atoms with E-state index in [0.29, 0.717) is 23.6 Å². The predicted octanol–water partition coefficient (Wildman–Crippen LogP) is 2.81. The van der Waals surface area contributed by atoms with Gasteiger partial charge in [-0.15, -0.1) is 12.4 Å². The highest BCUT2D eigenvalue weighted by molar-refractivity contribution is 6.32. The Hall–Kier alpha value is -0.480. The van der Waals surface area contributed by atoms with Crippen LogP contribution in [0, 0.1) is 11.8 Å². The molecule has 0 radical (unpaired) electrons. The zero-order chi connectivity index (χ0) is 13.2. The number of fused-ring (bicyclic) bond motifs is 1. The third-order valence-electron chi connectivity index (χ3n) is 4.49. The monoisotopic (exact) mass is 316 g/mol. The molecule has 0 bridgehead atoms. The van der Waals surface area contributed by atoms with Gasteiger partial charge in [0.15, 0.2) is 0 Å². The van der Waals surface area contributed by atoms with Crippen LogP contribution in [0.3, 0.4) is 0 Å². The molecule has 0 aromatic heterocycles. The molecule has 5 heteroatoms. The molecular formula is C15H22Cl2N2O. The van der Waals surface area contributed by atoms with Crippen LogP contribution in [0.25, 0.3) is 0 Å². The minimum atomic E-state index is 0. The van der Waals surface area contributed by atoms with Crippen LogP contribution in [-0.2, 0) is 0 Å². The Labute approximate surface area is 131 Å². The summed E-state index contributed by atoms with van der Waals surface area (Å²) >= 11 is 6.06. The Balaban J connectivity index is 0.00000147. The van der Waals surface area contributed by atoms with E-state index in [4.69, 9.17) is 22.1 Å². The molecule has 1 saturated heterocycles. The number of nitrogens with zero attached hydrogens (tertiary/aromatic N) is 1. The fraction of sp³-hybridized carbons (Fsp3) is 0.600. The summed E-state index contributed by atoms with van der Waals surface area (Å²) in [6.45, 7) is 3.98. The number of para-hydroxylation sites is 1. The van der Waals surface area contributed by atoms with E-state index >= 15 is 0 Å². The van der Waals surface area contributed by atoms with Gasteiger partial charge in [-0.25, -0.2) is 0 Å². The summed E-state index contributed by atoms with van der Waals surface area (Å²) in [4.78, 5) is 2.48. The number of likely N-dealkylation sites (tertiary alicyclic amines) is 1. The van der Waals surface area contributed by atoms with Crippen molar-refractivity contribution < 1.29 is 4.74 Å². The van der Waals surface area contributed by atoms with Crippen molar-refractivity contribution in [2.75, 3.05) is 26.2 Å². The summed E-state index contributed by atoms with van der Waals surface area (Å²) in [6.07, 6.45) is 2.51. The summed E-state index contributed by atoms with van der Waals surface area (Å²) in [7, 11) is 0. The van der Waals surface area contributed by atoms with Crippen LogP contribution in [0.4, 0.5) is 0 Å². The average Bonchev–Trinajstić information content (AvgIpc) is 2.95. The molecular weight excluding hydrogens is 295 g/mol. The van der Waals surface area contributed by atoms with Gasteiger partial charge in [-0.05, 0) is 36.8 Å². The van der Waals surface area contributed by atoms with E-state index in [9.17, 15) is 0 Å². The van der Waals surface area contributed by atoms with Crippen molar-refractivity contribution in [2.45, 2.75) is 18.9 Å². The van der Waals surface area contributed by atoms with Crippen LogP contribution in [0.5, 0.6) is 5.75 Å². The number of ether oxygens (including phenoxy) is 1. The first-order valence-corrected chi connectivity index (χ1v) is 7.47. The van der Waals surface area contributed by atoms with E-state index in [1.165, 1.54) is 19.4 Å². The van der Waals surface area contributed by atoms with Gasteiger partial charge in [0.05, 0.1) is 5.02 Å². The lowest BCUT2D eigenvalue weighted by Gasteiger charge is -2.18. The molecule has 112 valence electrons. The lowest BCUT2D eigenvalue weighted by Crippen LogP contribution is -2.32. The van der Waals surface area contributed by atoms with Gasteiger partial charge in [0.25, 0.3) is 0 Å².